The van der Waals surface area contributed by atoms with Crippen LogP contribution in [0.4, 0.5) is 228 Å². The standard InChI is InChI=1S/4C8H4F13.2ClH.O.2Sn/c4*1-2-3(9,10)4(11,12)5(13,14)6(15,16)7(17,18)8(19,20)21;;;;;/h4*1-2H2;2*1H;;;/q;;;;;;;2*+1/p-2. The Morgan fingerprint density at radius 1 is 0.169 bits per heavy atom. The molecule has 536 valence electrons. The van der Waals surface area contributed by atoms with Gasteiger partial charge in [-0.25, -0.2) is 0 Å². The second-order valence-electron chi connectivity index (χ2n) is 17.9. The molecule has 89 heavy (non-hydrogen) atoms. The van der Waals surface area contributed by atoms with Crippen molar-refractivity contribution in [2.75, 3.05) is 0 Å². The maximum atomic E-state index is 15.0. The molecule has 0 aromatic carbocycles. The fourth-order valence-electron chi connectivity index (χ4n) is 5.99. The first-order valence-corrected chi connectivity index (χ1v) is 38.1. The zero-order valence-corrected chi connectivity index (χ0v) is 46.7. The molecule has 57 heteroatoms. The summed E-state index contributed by atoms with van der Waals surface area (Å²) in [6, 6.07) is 0. The van der Waals surface area contributed by atoms with Crippen molar-refractivity contribution in [3.8, 4) is 0 Å². The molecule has 0 fully saturated rings. The normalized spacial score (nSPS) is 17.1. The molecular weight excluding hydrogens is 1700 g/mol. The molecule has 0 saturated heterocycles. The van der Waals surface area contributed by atoms with Crippen molar-refractivity contribution in [3.05, 3.63) is 0 Å². The average Bonchev–Trinajstić information content (AvgIpc) is 3.29. The van der Waals surface area contributed by atoms with Gasteiger partial charge in [-0.1, -0.05) is 0 Å². The molecule has 0 radical (unpaired) electrons. The molecule has 0 N–H and O–H groups in total. The number of rotatable bonds is 30. The molecular formula is C32H16Cl2F52OSn2. The van der Waals surface area contributed by atoms with Crippen LogP contribution in [-0.4, -0.2) is 178 Å². The van der Waals surface area contributed by atoms with E-state index in [0.717, 1.165) is 0 Å². The second kappa shape index (κ2) is 23.7. The minimum atomic E-state index is -9.31. The molecule has 0 aliphatic carbocycles. The Hall–Kier alpha value is -1.50. The van der Waals surface area contributed by atoms with Gasteiger partial charge in [-0.2, -0.15) is 0 Å². The second-order valence-corrected chi connectivity index (χ2v) is 47.4. The van der Waals surface area contributed by atoms with Crippen molar-refractivity contribution >= 4 is 53.2 Å². The zero-order valence-electron chi connectivity index (χ0n) is 39.5. The minimum absolute atomic E-state index is 3.89. The van der Waals surface area contributed by atoms with Gasteiger partial charge in [0.1, 0.15) is 0 Å². The van der Waals surface area contributed by atoms with Crippen LogP contribution in [0.3, 0.4) is 0 Å². The van der Waals surface area contributed by atoms with Crippen LogP contribution in [0.25, 0.3) is 0 Å². The molecule has 0 spiro atoms. The van der Waals surface area contributed by atoms with Crippen LogP contribution in [-0.2, 0) is 1.41 Å². The summed E-state index contributed by atoms with van der Waals surface area (Å²) in [7, 11) is 10.5. The number of hydrogen-bond acceptors (Lipinski definition) is 1. The predicted molar refractivity (Wildman–Crippen MR) is 185 cm³/mol. The molecule has 0 aliphatic heterocycles. The quantitative estimate of drug-likeness (QED) is 0.0514. The van der Waals surface area contributed by atoms with Gasteiger partial charge in [-0.05, 0) is 0 Å². The summed E-state index contributed by atoms with van der Waals surface area (Å²) in [6.45, 7) is 0. The Labute approximate surface area is 468 Å². The van der Waals surface area contributed by atoms with Crippen molar-refractivity contribution in [3.63, 3.8) is 0 Å². The van der Waals surface area contributed by atoms with E-state index in [1.54, 1.807) is 0 Å². The molecule has 0 unspecified atom stereocenters. The van der Waals surface area contributed by atoms with Gasteiger partial charge in [0, 0.05) is 0 Å². The summed E-state index contributed by atoms with van der Waals surface area (Å²) in [6.07, 6.45) is -51.7. The van der Waals surface area contributed by atoms with E-state index in [4.69, 9.17) is 17.8 Å². The van der Waals surface area contributed by atoms with Crippen LogP contribution >= 0.6 is 17.8 Å². The van der Waals surface area contributed by atoms with E-state index < -0.39 is 222 Å². The molecule has 0 aromatic heterocycles. The van der Waals surface area contributed by atoms with Crippen molar-refractivity contribution in [1.82, 2.24) is 0 Å². The van der Waals surface area contributed by atoms with Gasteiger partial charge in [0.2, 0.25) is 0 Å². The van der Waals surface area contributed by atoms with Crippen molar-refractivity contribution in [1.29, 1.82) is 0 Å². The van der Waals surface area contributed by atoms with E-state index >= 15 is 0 Å². The van der Waals surface area contributed by atoms with Gasteiger partial charge in [-0.15, -0.1) is 0 Å². The van der Waals surface area contributed by atoms with Crippen LogP contribution in [0.5, 0.6) is 0 Å². The van der Waals surface area contributed by atoms with Crippen LogP contribution in [0.2, 0.25) is 17.7 Å². The third kappa shape index (κ3) is 13.7. The summed E-state index contributed by atoms with van der Waals surface area (Å²) in [4.78, 5) is 0. The first-order chi connectivity index (χ1) is 37.5. The maximum absolute atomic E-state index is 15.0. The molecule has 0 atom stereocenters. The van der Waals surface area contributed by atoms with Gasteiger partial charge < -0.3 is 0 Å². The number of hydrogen-bond donors (Lipinski definition) is 0. The van der Waals surface area contributed by atoms with Gasteiger partial charge in [0.05, 0.1) is 0 Å². The molecule has 0 heterocycles. The summed E-state index contributed by atoms with van der Waals surface area (Å²) >= 11 is -18.6. The van der Waals surface area contributed by atoms with Gasteiger partial charge in [0.15, 0.2) is 0 Å². The van der Waals surface area contributed by atoms with E-state index in [9.17, 15) is 228 Å². The monoisotopic (exact) mass is 1710 g/mol. The van der Waals surface area contributed by atoms with Crippen molar-refractivity contribution in [2.45, 2.75) is 187 Å². The Kier molecular flexibility index (Phi) is 23.3. The van der Waals surface area contributed by atoms with Crippen LogP contribution in [0.15, 0.2) is 0 Å². The number of alkyl halides is 52. The summed E-state index contributed by atoms with van der Waals surface area (Å²) < 4.78 is 707. The molecule has 0 aromatic rings. The van der Waals surface area contributed by atoms with Gasteiger partial charge in [-0.3, -0.25) is 0 Å². The van der Waals surface area contributed by atoms with Gasteiger partial charge >= 0.3 is 469 Å². The Morgan fingerprint density at radius 2 is 0.270 bits per heavy atom. The van der Waals surface area contributed by atoms with E-state index in [2.05, 4.69) is 1.41 Å². The average molecular weight is 1710 g/mol. The zero-order chi connectivity index (χ0) is 73.4. The topological polar surface area (TPSA) is 9.23 Å². The van der Waals surface area contributed by atoms with Crippen LogP contribution in [0.1, 0.15) is 25.7 Å². The molecule has 1 nitrogen and oxygen atoms in total. The number of halogens is 54. The molecule has 0 bridgehead atoms. The summed E-state index contributed by atoms with van der Waals surface area (Å²) in [5.74, 6) is -177. The van der Waals surface area contributed by atoms with Crippen LogP contribution < -0.4 is 0 Å². The predicted octanol–water partition coefficient (Wildman–Crippen LogP) is 20.9. The summed E-state index contributed by atoms with van der Waals surface area (Å²) in [5.41, 5.74) is 0. The summed E-state index contributed by atoms with van der Waals surface area (Å²) in [5, 5.41) is 0. The van der Waals surface area contributed by atoms with E-state index in [1.165, 1.54) is 0 Å². The SMILES string of the molecule is FC(F)(F)C(F)(F)C(F)(F)C(F)(F)C(F)(F)C(F)(F)C[CH2][Sn]([Cl])([CH2]CC(F)(F)C(F)(F)C(F)(F)C(F)(F)C(F)(F)C(F)(F)F)[O][Sn]([Cl])([CH2]CC(F)(F)C(F)(F)C(F)(F)C(F)(F)C(F)(F)C(F)(F)F)[CH2]CC(F)(F)C(F)(F)C(F)(F)C(F)(F)C(F)(F)C(F)(F)F. The fourth-order valence-corrected chi connectivity index (χ4v) is 56.3. The first kappa shape index (κ1) is 87.5. The third-order valence-electron chi connectivity index (χ3n) is 11.6. The van der Waals surface area contributed by atoms with Gasteiger partial charge in [0.25, 0.3) is 0 Å². The van der Waals surface area contributed by atoms with Crippen LogP contribution in [0, 0.1) is 0 Å². The van der Waals surface area contributed by atoms with Crippen molar-refractivity contribution in [2.24, 2.45) is 0 Å². The molecule has 0 amide bonds. The van der Waals surface area contributed by atoms with Crippen molar-refractivity contribution < 1.29 is 230 Å². The van der Waals surface area contributed by atoms with E-state index in [-0.39, 0.29) is 0 Å². The third-order valence-corrected chi connectivity index (χ3v) is 51.1. The van der Waals surface area contributed by atoms with E-state index in [1.807, 2.05) is 0 Å². The Bertz CT molecular complexity index is 2100. The molecule has 0 aliphatic rings. The Morgan fingerprint density at radius 3 is 0.371 bits per heavy atom. The molecule has 0 rings (SSSR count). The fraction of sp³-hybridized carbons (Fsp3) is 1.00. The van der Waals surface area contributed by atoms with E-state index in [0.29, 0.717) is 0 Å². The molecule has 0 saturated carbocycles. The first-order valence-electron chi connectivity index (χ1n) is 20.4. The Balaban J connectivity index is 9.11.